The van der Waals surface area contributed by atoms with Gasteiger partial charge in [-0.25, -0.2) is 9.59 Å². The van der Waals surface area contributed by atoms with Gasteiger partial charge in [0.1, 0.15) is 24.4 Å². The Morgan fingerprint density at radius 2 is 1.84 bits per heavy atom. The lowest BCUT2D eigenvalue weighted by atomic mass is 9.51. The summed E-state index contributed by atoms with van der Waals surface area (Å²) in [6, 6.07) is 0. The summed E-state index contributed by atoms with van der Waals surface area (Å²) in [5.41, 5.74) is 0.415. The van der Waals surface area contributed by atoms with E-state index in [2.05, 4.69) is 19.9 Å². The first kappa shape index (κ1) is 27.3. The number of hydrogen-bond donors (Lipinski definition) is 0. The van der Waals surface area contributed by atoms with Crippen molar-refractivity contribution in [1.29, 1.82) is 0 Å². The molecule has 208 valence electrons. The van der Waals surface area contributed by atoms with Crippen LogP contribution in [0.2, 0.25) is 0 Å². The van der Waals surface area contributed by atoms with Crippen molar-refractivity contribution in [2.24, 2.45) is 10.8 Å². The Kier molecular flexibility index (Phi) is 7.46. The molecule has 38 heavy (non-hydrogen) atoms. The van der Waals surface area contributed by atoms with E-state index < -0.39 is 34.5 Å². The lowest BCUT2D eigenvalue weighted by Crippen LogP contribution is -2.66. The Hall–Kier alpha value is -2.26. The van der Waals surface area contributed by atoms with Crippen LogP contribution < -0.4 is 0 Å². The average molecular weight is 529 g/mol. The second-order valence-electron chi connectivity index (χ2n) is 11.6. The summed E-state index contributed by atoms with van der Waals surface area (Å²) in [5.74, 6) is -0.817. The lowest BCUT2D eigenvalue weighted by molar-refractivity contribution is -0.232. The monoisotopic (exact) mass is 528 g/mol. The number of allylic oxidation sites excluding steroid dienone is 3. The van der Waals surface area contributed by atoms with Crippen LogP contribution in [0.3, 0.4) is 0 Å². The number of cyclic esters (lactones) is 1. The highest BCUT2D eigenvalue weighted by molar-refractivity contribution is 5.83. The highest BCUT2D eigenvalue weighted by Crippen LogP contribution is 2.72. The van der Waals surface area contributed by atoms with Crippen LogP contribution in [0.5, 0.6) is 0 Å². The van der Waals surface area contributed by atoms with Gasteiger partial charge in [0.15, 0.2) is 0 Å². The molecule has 0 aromatic heterocycles. The van der Waals surface area contributed by atoms with Gasteiger partial charge < -0.3 is 28.4 Å². The van der Waals surface area contributed by atoms with Crippen molar-refractivity contribution in [3.05, 3.63) is 47.6 Å². The minimum Gasteiger partial charge on any atom is -0.462 e. The van der Waals surface area contributed by atoms with Crippen LogP contribution in [0.25, 0.3) is 0 Å². The first-order valence-electron chi connectivity index (χ1n) is 13.7. The third kappa shape index (κ3) is 4.49. The summed E-state index contributed by atoms with van der Waals surface area (Å²) in [6.45, 7) is 9.19. The van der Waals surface area contributed by atoms with Crippen molar-refractivity contribution in [2.45, 2.75) is 89.5 Å². The smallest absolute Gasteiger partial charge is 0.331 e. The van der Waals surface area contributed by atoms with Crippen LogP contribution in [-0.4, -0.2) is 75.0 Å². The van der Waals surface area contributed by atoms with E-state index in [4.69, 9.17) is 28.4 Å². The molecule has 0 N–H and O–H groups in total. The second-order valence-corrected chi connectivity index (χ2v) is 11.6. The summed E-state index contributed by atoms with van der Waals surface area (Å²) in [7, 11) is 1.63. The minimum absolute atomic E-state index is 0.162. The molecule has 2 aliphatic carbocycles. The molecular formula is C30H40O8. The number of epoxide rings is 1. The summed E-state index contributed by atoms with van der Waals surface area (Å²) in [4.78, 5) is 26.0. The maximum atomic E-state index is 13.0. The zero-order chi connectivity index (χ0) is 27.1. The van der Waals surface area contributed by atoms with Crippen LogP contribution in [0.15, 0.2) is 47.6 Å². The molecule has 7 unspecified atom stereocenters. The van der Waals surface area contributed by atoms with Gasteiger partial charge in [0.25, 0.3) is 0 Å². The quantitative estimate of drug-likeness (QED) is 0.302. The summed E-state index contributed by atoms with van der Waals surface area (Å²) in [6.07, 6.45) is 11.8. The zero-order valence-corrected chi connectivity index (χ0v) is 23.1. The molecule has 0 aromatic carbocycles. The van der Waals surface area contributed by atoms with E-state index in [1.807, 2.05) is 19.9 Å². The molecule has 8 nitrogen and oxygen atoms in total. The van der Waals surface area contributed by atoms with Gasteiger partial charge in [-0.2, -0.15) is 0 Å². The van der Waals surface area contributed by atoms with E-state index in [-0.39, 0.29) is 31.0 Å². The highest BCUT2D eigenvalue weighted by Gasteiger charge is 2.83. The molecular weight excluding hydrogens is 488 g/mol. The molecule has 5 rings (SSSR count). The van der Waals surface area contributed by atoms with Gasteiger partial charge in [0.05, 0.1) is 36.9 Å². The third-order valence-corrected chi connectivity index (χ3v) is 9.60. The highest BCUT2D eigenvalue weighted by atomic mass is 16.6. The van der Waals surface area contributed by atoms with Crippen molar-refractivity contribution < 1.29 is 38.0 Å². The van der Waals surface area contributed by atoms with Crippen molar-refractivity contribution in [2.75, 3.05) is 26.9 Å². The predicted octanol–water partition coefficient (Wildman–Crippen LogP) is 4.00. The third-order valence-electron chi connectivity index (χ3n) is 9.60. The van der Waals surface area contributed by atoms with Crippen LogP contribution in [0.1, 0.15) is 53.4 Å². The number of rotatable bonds is 2. The van der Waals surface area contributed by atoms with Gasteiger partial charge in [-0.15, -0.1) is 0 Å². The summed E-state index contributed by atoms with van der Waals surface area (Å²) in [5, 5.41) is 0. The molecule has 2 saturated heterocycles. The minimum atomic E-state index is -0.583. The van der Waals surface area contributed by atoms with Crippen LogP contribution in [0.4, 0.5) is 0 Å². The first-order valence-corrected chi connectivity index (χ1v) is 13.7. The standard InChI is InChI=1S/C30H40O8/c1-19-10-12-29-17-35-27(32)15-20(2)11-13-34-22(21(3)33-5)8-6-7-9-26(31)38-23-16-25(37-24(29)14-19)30(18-36-30)28(23,29)4/h6-9,14-15,21-25H,10-13,16-18H2,1-5H3/b8-6+,9-7-,20-15+/t21?,22?,23?,24?,25?,28?,29?,30-/m1/s1. The van der Waals surface area contributed by atoms with Crippen LogP contribution >= 0.6 is 0 Å². The maximum Gasteiger partial charge on any atom is 0.331 e. The molecule has 2 bridgehead atoms. The Morgan fingerprint density at radius 1 is 1.05 bits per heavy atom. The van der Waals surface area contributed by atoms with Gasteiger partial charge >= 0.3 is 11.9 Å². The van der Waals surface area contributed by atoms with Crippen LogP contribution in [-0.2, 0) is 38.0 Å². The molecule has 8 heteroatoms. The summed E-state index contributed by atoms with van der Waals surface area (Å²) < 4.78 is 36.4. The molecule has 5 aliphatic rings. The fourth-order valence-corrected chi connectivity index (χ4v) is 6.97. The number of methoxy groups -OCH3 is 1. The molecule has 8 atom stereocenters. The molecule has 0 radical (unpaired) electrons. The van der Waals surface area contributed by atoms with Gasteiger partial charge in [-0.1, -0.05) is 42.4 Å². The molecule has 0 amide bonds. The van der Waals surface area contributed by atoms with E-state index >= 15 is 0 Å². The van der Waals surface area contributed by atoms with Crippen molar-refractivity contribution >= 4 is 11.9 Å². The zero-order valence-electron chi connectivity index (χ0n) is 23.1. The molecule has 3 fully saturated rings. The predicted molar refractivity (Wildman–Crippen MR) is 139 cm³/mol. The summed E-state index contributed by atoms with van der Waals surface area (Å²) >= 11 is 0. The molecule has 2 spiro atoms. The second kappa shape index (κ2) is 10.4. The first-order chi connectivity index (χ1) is 18.1. The van der Waals surface area contributed by atoms with Gasteiger partial charge in [0.2, 0.25) is 0 Å². The van der Waals surface area contributed by atoms with Gasteiger partial charge in [0, 0.05) is 31.1 Å². The molecule has 1 saturated carbocycles. The van der Waals surface area contributed by atoms with Gasteiger partial charge in [-0.05, 0) is 40.0 Å². The molecule has 3 aliphatic heterocycles. The fraction of sp³-hybridized carbons (Fsp3) is 0.667. The molecule has 3 heterocycles. The number of carbonyl (C=O) groups excluding carboxylic acids is 2. The van der Waals surface area contributed by atoms with Gasteiger partial charge in [-0.3, -0.25) is 0 Å². The topological polar surface area (TPSA) is 92.8 Å². The average Bonchev–Trinajstić information content (AvgIpc) is 3.66. The number of esters is 2. The van der Waals surface area contributed by atoms with Crippen molar-refractivity contribution in [3.8, 4) is 0 Å². The number of ether oxygens (including phenoxy) is 6. The molecule has 0 aromatic rings. The van der Waals surface area contributed by atoms with Crippen molar-refractivity contribution in [3.63, 3.8) is 0 Å². The Bertz CT molecular complexity index is 1070. The van der Waals surface area contributed by atoms with Crippen molar-refractivity contribution in [1.82, 2.24) is 0 Å². The fourth-order valence-electron chi connectivity index (χ4n) is 6.97. The van der Waals surface area contributed by atoms with E-state index in [1.165, 1.54) is 11.6 Å². The van der Waals surface area contributed by atoms with Crippen LogP contribution in [0, 0.1) is 10.8 Å². The lowest BCUT2D eigenvalue weighted by Gasteiger charge is -2.58. The maximum absolute atomic E-state index is 13.0. The van der Waals surface area contributed by atoms with E-state index in [0.29, 0.717) is 26.1 Å². The van der Waals surface area contributed by atoms with E-state index in [0.717, 1.165) is 18.4 Å². The SMILES string of the molecule is COC(C)C1/C=C/C=C\C(=O)OC2CC3OC4C=C(C)CCC4(COC(=O)/C=C(\C)CCO1)C2(C)[C@@]31CO1. The number of hydrogen-bond acceptors (Lipinski definition) is 8. The Labute approximate surface area is 225 Å². The number of carbonyl (C=O) groups is 2. The van der Waals surface area contributed by atoms with E-state index in [1.54, 1.807) is 25.3 Å². The van der Waals surface area contributed by atoms with E-state index in [9.17, 15) is 9.59 Å². The Morgan fingerprint density at radius 3 is 2.58 bits per heavy atom. The largest absolute Gasteiger partial charge is 0.462 e. The Balaban J connectivity index is 1.50. The normalized spacial score (nSPS) is 45.3.